The monoisotopic (exact) mass is 382 g/mol. The van der Waals surface area contributed by atoms with Gasteiger partial charge >= 0.3 is 6.03 Å². The van der Waals surface area contributed by atoms with Gasteiger partial charge in [-0.15, -0.1) is 0 Å². The molecule has 3 heterocycles. The number of amides is 3. The Morgan fingerprint density at radius 2 is 1.86 bits per heavy atom. The van der Waals surface area contributed by atoms with Crippen LogP contribution in [-0.4, -0.2) is 52.5 Å². The minimum absolute atomic E-state index is 0.0197. The van der Waals surface area contributed by atoms with Crippen molar-refractivity contribution in [1.82, 2.24) is 14.4 Å². The summed E-state index contributed by atoms with van der Waals surface area (Å²) >= 11 is 0. The summed E-state index contributed by atoms with van der Waals surface area (Å²) in [7, 11) is 0. The van der Waals surface area contributed by atoms with Crippen LogP contribution in [0.3, 0.4) is 0 Å². The van der Waals surface area contributed by atoms with Gasteiger partial charge in [0.05, 0.1) is 5.92 Å². The quantitative estimate of drug-likeness (QED) is 0.871. The Kier molecular flexibility index (Phi) is 5.55. The third-order valence-electron chi connectivity index (χ3n) is 5.94. The number of aromatic nitrogens is 1. The molecule has 0 unspecified atom stereocenters. The largest absolute Gasteiger partial charge is 0.347 e. The third-order valence-corrected chi connectivity index (χ3v) is 5.94. The number of carbonyl (C=O) groups excluding carboxylic acids is 2. The van der Waals surface area contributed by atoms with E-state index in [-0.39, 0.29) is 17.9 Å². The number of carbonyl (C=O) groups is 2. The number of anilines is 1. The maximum atomic E-state index is 12.8. The molecular weight excluding hydrogens is 352 g/mol. The highest BCUT2D eigenvalue weighted by molar-refractivity contribution is 5.95. The van der Waals surface area contributed by atoms with E-state index in [9.17, 15) is 9.59 Å². The molecule has 0 spiro atoms. The van der Waals surface area contributed by atoms with E-state index in [0.29, 0.717) is 6.54 Å². The standard InChI is InChI=1S/C22H30N4O2/c1-2-10-24-14-9-17-15-19(7-8-20(17)24)23-21(27)18-6-5-13-26(16-18)22(28)25-11-3-4-12-25/h7-9,14-15,18H,2-6,10-13,16H2,1H3,(H,23,27)/t18-/m0/s1. The first-order valence-corrected chi connectivity index (χ1v) is 10.6. The molecule has 2 aliphatic heterocycles. The van der Waals surface area contributed by atoms with Crippen molar-refractivity contribution in [3.05, 3.63) is 30.5 Å². The lowest BCUT2D eigenvalue weighted by Crippen LogP contribution is -2.48. The molecule has 150 valence electrons. The second-order valence-electron chi connectivity index (χ2n) is 8.03. The van der Waals surface area contributed by atoms with E-state index < -0.39 is 0 Å². The van der Waals surface area contributed by atoms with Gasteiger partial charge in [0.1, 0.15) is 0 Å². The van der Waals surface area contributed by atoms with Crippen molar-refractivity contribution in [2.45, 2.75) is 45.6 Å². The van der Waals surface area contributed by atoms with Crippen LogP contribution >= 0.6 is 0 Å². The van der Waals surface area contributed by atoms with Gasteiger partial charge in [-0.25, -0.2) is 4.79 Å². The summed E-state index contributed by atoms with van der Waals surface area (Å²) in [4.78, 5) is 29.3. The predicted molar refractivity (Wildman–Crippen MR) is 111 cm³/mol. The third kappa shape index (κ3) is 3.86. The summed E-state index contributed by atoms with van der Waals surface area (Å²) < 4.78 is 2.24. The van der Waals surface area contributed by atoms with Crippen LogP contribution in [-0.2, 0) is 11.3 Å². The maximum absolute atomic E-state index is 12.8. The zero-order chi connectivity index (χ0) is 19.5. The molecule has 6 heteroatoms. The van der Waals surface area contributed by atoms with Crippen LogP contribution in [0.4, 0.5) is 10.5 Å². The Labute approximate surface area is 166 Å². The molecule has 1 aromatic carbocycles. The summed E-state index contributed by atoms with van der Waals surface area (Å²) in [5.41, 5.74) is 2.02. The number of piperidine rings is 1. The fourth-order valence-corrected chi connectivity index (χ4v) is 4.43. The summed E-state index contributed by atoms with van der Waals surface area (Å²) in [5.74, 6) is -0.119. The number of nitrogens with one attached hydrogen (secondary N) is 1. The molecule has 4 rings (SSSR count). The summed E-state index contributed by atoms with van der Waals surface area (Å²) in [6.45, 7) is 6.15. The lowest BCUT2D eigenvalue weighted by Gasteiger charge is -2.34. The molecule has 0 radical (unpaired) electrons. The molecular formula is C22H30N4O2. The van der Waals surface area contributed by atoms with Gasteiger partial charge in [0.15, 0.2) is 0 Å². The van der Waals surface area contributed by atoms with Crippen LogP contribution in [0.2, 0.25) is 0 Å². The average molecular weight is 383 g/mol. The Balaban J connectivity index is 1.40. The molecule has 2 aromatic rings. The first-order chi connectivity index (χ1) is 13.7. The van der Waals surface area contributed by atoms with Crippen LogP contribution in [0.1, 0.15) is 39.0 Å². The van der Waals surface area contributed by atoms with Crippen molar-refractivity contribution >= 4 is 28.5 Å². The van der Waals surface area contributed by atoms with Crippen molar-refractivity contribution in [2.24, 2.45) is 5.92 Å². The molecule has 3 amide bonds. The molecule has 0 aliphatic carbocycles. The molecule has 1 atom stereocenters. The molecule has 0 bridgehead atoms. The first kappa shape index (κ1) is 18.8. The van der Waals surface area contributed by atoms with Crippen molar-refractivity contribution in [1.29, 1.82) is 0 Å². The average Bonchev–Trinajstić information content (AvgIpc) is 3.38. The minimum atomic E-state index is -0.138. The summed E-state index contributed by atoms with van der Waals surface area (Å²) in [6, 6.07) is 8.29. The number of nitrogens with zero attached hydrogens (tertiary/aromatic N) is 3. The highest BCUT2D eigenvalue weighted by atomic mass is 16.2. The van der Waals surface area contributed by atoms with E-state index in [2.05, 4.69) is 35.1 Å². The topological polar surface area (TPSA) is 57.6 Å². The highest BCUT2D eigenvalue weighted by Gasteiger charge is 2.31. The van der Waals surface area contributed by atoms with Gasteiger partial charge in [-0.2, -0.15) is 0 Å². The second-order valence-corrected chi connectivity index (χ2v) is 8.03. The van der Waals surface area contributed by atoms with E-state index in [1.807, 2.05) is 21.9 Å². The molecule has 2 aliphatic rings. The minimum Gasteiger partial charge on any atom is -0.347 e. The van der Waals surface area contributed by atoms with Crippen LogP contribution in [0.25, 0.3) is 10.9 Å². The Hall–Kier alpha value is -2.50. The molecule has 2 saturated heterocycles. The van der Waals surface area contributed by atoms with Crippen LogP contribution in [0.5, 0.6) is 0 Å². The fraction of sp³-hybridized carbons (Fsp3) is 0.545. The zero-order valence-corrected chi connectivity index (χ0v) is 16.7. The maximum Gasteiger partial charge on any atom is 0.320 e. The molecule has 28 heavy (non-hydrogen) atoms. The molecule has 1 aromatic heterocycles. The van der Waals surface area contributed by atoms with Gasteiger partial charge in [-0.1, -0.05) is 6.92 Å². The van der Waals surface area contributed by atoms with E-state index >= 15 is 0 Å². The van der Waals surface area contributed by atoms with E-state index in [0.717, 1.165) is 69.4 Å². The number of fused-ring (bicyclic) bond motifs is 1. The van der Waals surface area contributed by atoms with Gasteiger partial charge in [-0.3, -0.25) is 4.79 Å². The fourth-order valence-electron chi connectivity index (χ4n) is 4.43. The van der Waals surface area contributed by atoms with Crippen LogP contribution < -0.4 is 5.32 Å². The SMILES string of the molecule is CCCn1ccc2cc(NC(=O)[C@H]3CCCN(C(=O)N4CCCC4)C3)ccc21. The molecule has 1 N–H and O–H groups in total. The Morgan fingerprint density at radius 1 is 1.07 bits per heavy atom. The smallest absolute Gasteiger partial charge is 0.320 e. The van der Waals surface area contributed by atoms with Crippen molar-refractivity contribution in [3.8, 4) is 0 Å². The van der Waals surface area contributed by atoms with E-state index in [4.69, 9.17) is 0 Å². The molecule has 6 nitrogen and oxygen atoms in total. The lowest BCUT2D eigenvalue weighted by atomic mass is 9.97. The number of likely N-dealkylation sites (tertiary alicyclic amines) is 2. The van der Waals surface area contributed by atoms with Crippen molar-refractivity contribution in [3.63, 3.8) is 0 Å². The van der Waals surface area contributed by atoms with Gasteiger partial charge in [-0.05, 0) is 56.4 Å². The normalized spacial score (nSPS) is 20.0. The Morgan fingerprint density at radius 3 is 2.64 bits per heavy atom. The summed E-state index contributed by atoms with van der Waals surface area (Å²) in [6.07, 6.45) is 7.10. The number of aryl methyl sites for hydroxylation is 1. The second kappa shape index (κ2) is 8.25. The number of urea groups is 1. The van der Waals surface area contributed by atoms with E-state index in [1.165, 1.54) is 5.52 Å². The predicted octanol–water partition coefficient (Wildman–Crippen LogP) is 3.92. The van der Waals surface area contributed by atoms with Gasteiger partial charge in [0.25, 0.3) is 0 Å². The van der Waals surface area contributed by atoms with E-state index in [1.54, 1.807) is 0 Å². The van der Waals surface area contributed by atoms with Crippen molar-refractivity contribution < 1.29 is 9.59 Å². The number of hydrogen-bond acceptors (Lipinski definition) is 2. The van der Waals surface area contributed by atoms with Crippen LogP contribution in [0, 0.1) is 5.92 Å². The molecule has 2 fully saturated rings. The highest BCUT2D eigenvalue weighted by Crippen LogP contribution is 2.24. The zero-order valence-electron chi connectivity index (χ0n) is 16.7. The van der Waals surface area contributed by atoms with Crippen molar-refractivity contribution in [2.75, 3.05) is 31.5 Å². The first-order valence-electron chi connectivity index (χ1n) is 10.6. The van der Waals surface area contributed by atoms with Crippen LogP contribution in [0.15, 0.2) is 30.5 Å². The van der Waals surface area contributed by atoms with Gasteiger partial charge in [0, 0.05) is 55.5 Å². The Bertz CT molecular complexity index is 853. The molecule has 0 saturated carbocycles. The number of hydrogen-bond donors (Lipinski definition) is 1. The summed E-state index contributed by atoms with van der Waals surface area (Å²) in [5, 5.41) is 4.21. The van der Waals surface area contributed by atoms with Gasteiger partial charge < -0.3 is 19.7 Å². The lowest BCUT2D eigenvalue weighted by molar-refractivity contribution is -0.121. The number of benzene rings is 1. The van der Waals surface area contributed by atoms with Gasteiger partial charge in [0.2, 0.25) is 5.91 Å². The number of rotatable bonds is 4.